The Morgan fingerprint density at radius 1 is 0.565 bits per heavy atom. The maximum atomic E-state index is 14.9. The lowest BCUT2D eigenvalue weighted by atomic mass is 9.92. The molecule has 4 aromatic carbocycles. The summed E-state index contributed by atoms with van der Waals surface area (Å²) in [6.45, 7) is 1.17. The van der Waals surface area contributed by atoms with Crippen LogP contribution in [0.5, 0.6) is 0 Å². The quantitative estimate of drug-likeness (QED) is 0.0486. The number of ketones is 2. The summed E-state index contributed by atoms with van der Waals surface area (Å²) < 4.78 is 85.8. The Morgan fingerprint density at radius 3 is 1.26 bits per heavy atom. The maximum Gasteiger partial charge on any atom is 0.416 e. The van der Waals surface area contributed by atoms with Crippen LogP contribution in [-0.4, -0.2) is 177 Å². The Bertz CT molecular complexity index is 3140. The molecule has 448 valence electrons. The molecule has 8 rings (SSSR count). The van der Waals surface area contributed by atoms with Crippen LogP contribution in [0.3, 0.4) is 0 Å². The molecule has 85 heavy (non-hydrogen) atoms. The van der Waals surface area contributed by atoms with Crippen LogP contribution in [0.2, 0.25) is 0 Å². The second-order valence-electron chi connectivity index (χ2n) is 23.0. The number of alkyl halides is 6. The molecular formula is C62H68F6N11O6+. The number of rotatable bonds is 24. The number of quaternary nitrogens is 1. The molecule has 4 aliphatic rings. The summed E-state index contributed by atoms with van der Waals surface area (Å²) >= 11 is 0. The standard InChI is InChI=1S/C62H68F6N11O6/c1-71(2)27-9-17-49(80)37-75-55(43-23-19-41(35-69)20-24-43)53-51(77(59(75)84)47-15-7-13-45(33-47)61(63,64)65)39-73(57(53)82)29-11-31-79(5,6)32-12-30-74-40-52-54(58(74)83)56(44-25-21-42(36-70)22-26-44)76(38-50(81)18-10-28-72(3)4)60(85)78(52)48-16-8-14-46(34-48)62(66,67)68/h7-8,13-16,19-26,33-34,55-56H,9-12,17-18,27-32,37-40H2,1-6H3/q+1/t55-,56-/m1/s1. The Balaban J connectivity index is 1.02. The Labute approximate surface area is 490 Å². The van der Waals surface area contributed by atoms with Gasteiger partial charge in [-0.1, -0.05) is 36.4 Å². The lowest BCUT2D eigenvalue weighted by molar-refractivity contribution is -0.890. The molecule has 4 aromatic rings. The molecule has 2 atom stereocenters. The van der Waals surface area contributed by atoms with E-state index in [2.05, 4.69) is 12.1 Å². The number of hydrogen-bond donors (Lipinski definition) is 0. The number of benzene rings is 4. The van der Waals surface area contributed by atoms with Crippen LogP contribution in [0.4, 0.5) is 47.3 Å². The van der Waals surface area contributed by atoms with Gasteiger partial charge in [0.1, 0.15) is 0 Å². The summed E-state index contributed by atoms with van der Waals surface area (Å²) in [7, 11) is 11.3. The average molecular weight is 1180 g/mol. The summed E-state index contributed by atoms with van der Waals surface area (Å²) in [5.74, 6) is -1.62. The van der Waals surface area contributed by atoms with Gasteiger partial charge in [-0.2, -0.15) is 36.9 Å². The third-order valence-electron chi connectivity index (χ3n) is 15.7. The van der Waals surface area contributed by atoms with Crippen LogP contribution in [0.1, 0.15) is 84.0 Å². The van der Waals surface area contributed by atoms with E-state index in [0.717, 1.165) is 34.1 Å². The van der Waals surface area contributed by atoms with Gasteiger partial charge in [0.25, 0.3) is 11.8 Å². The van der Waals surface area contributed by atoms with Gasteiger partial charge in [0, 0.05) is 38.8 Å². The Morgan fingerprint density at radius 2 is 0.929 bits per heavy atom. The topological polar surface area (TPSA) is 176 Å². The highest BCUT2D eigenvalue weighted by atomic mass is 19.4. The predicted octanol–water partition coefficient (Wildman–Crippen LogP) is 9.01. The van der Waals surface area contributed by atoms with E-state index in [-0.39, 0.29) is 84.5 Å². The van der Waals surface area contributed by atoms with Gasteiger partial charge in [-0.25, -0.2) is 9.59 Å². The fourth-order valence-corrected chi connectivity index (χ4v) is 11.5. The molecule has 0 aliphatic carbocycles. The molecule has 4 heterocycles. The molecule has 0 saturated heterocycles. The first kappa shape index (κ1) is 62.7. The van der Waals surface area contributed by atoms with E-state index < -0.39 is 72.5 Å². The highest BCUT2D eigenvalue weighted by Crippen LogP contribution is 2.47. The highest BCUT2D eigenvalue weighted by molar-refractivity contribution is 6.09. The first-order chi connectivity index (χ1) is 40.2. The van der Waals surface area contributed by atoms with Gasteiger partial charge in [0.05, 0.1) is 134 Å². The number of Topliss-reactive ketones (excluding diaryl/α,β-unsaturated/α-hetero) is 2. The molecule has 6 amide bonds. The summed E-state index contributed by atoms with van der Waals surface area (Å²) in [4.78, 5) is 98.6. The largest absolute Gasteiger partial charge is 0.416 e. The van der Waals surface area contributed by atoms with Crippen molar-refractivity contribution in [3.8, 4) is 12.1 Å². The number of carbonyl (C=O) groups is 6. The third-order valence-corrected chi connectivity index (χ3v) is 15.7. The van der Waals surface area contributed by atoms with Crippen molar-refractivity contribution >= 4 is 46.8 Å². The van der Waals surface area contributed by atoms with E-state index >= 15 is 0 Å². The van der Waals surface area contributed by atoms with Crippen LogP contribution in [0, 0.1) is 22.7 Å². The number of halogens is 6. The molecule has 0 N–H and O–H groups in total. The number of amides is 6. The smallest absolute Gasteiger partial charge is 0.333 e. The van der Waals surface area contributed by atoms with Gasteiger partial charge < -0.3 is 33.9 Å². The molecule has 0 radical (unpaired) electrons. The van der Waals surface area contributed by atoms with Crippen molar-refractivity contribution in [2.45, 2.75) is 63.0 Å². The molecule has 4 aliphatic heterocycles. The summed E-state index contributed by atoms with van der Waals surface area (Å²) in [5, 5.41) is 19.3. The van der Waals surface area contributed by atoms with Crippen LogP contribution >= 0.6 is 0 Å². The summed E-state index contributed by atoms with van der Waals surface area (Å²) in [6, 6.07) is 21.2. The SMILES string of the molecule is CN(C)CCCC(=O)CN1C(=O)N(c2cccc(C(F)(F)F)c2)C2=C(C(=O)N(CCC[N+](C)(C)CCCN3CC4=C(C3=O)[C@@H](c3ccc(C#N)cc3)N(CC(=O)CCCN(C)C)C(=O)N4c3cccc(C(F)(F)F)c3)C2)[C@H]1c1ccc(C#N)cc1. The third kappa shape index (κ3) is 14.2. The van der Waals surface area contributed by atoms with Crippen molar-refractivity contribution in [3.05, 3.63) is 153 Å². The first-order valence-electron chi connectivity index (χ1n) is 28.0. The second kappa shape index (κ2) is 25.9. The number of carbonyl (C=O) groups excluding carboxylic acids is 6. The molecule has 0 fully saturated rings. The first-order valence-corrected chi connectivity index (χ1v) is 28.0. The fourth-order valence-electron chi connectivity index (χ4n) is 11.5. The molecular weight excluding hydrogens is 1110 g/mol. The minimum atomic E-state index is -4.77. The molecule has 0 bridgehead atoms. The van der Waals surface area contributed by atoms with Crippen molar-refractivity contribution in [2.75, 3.05) is 118 Å². The highest BCUT2D eigenvalue weighted by Gasteiger charge is 2.51. The van der Waals surface area contributed by atoms with Crippen LogP contribution in [0.25, 0.3) is 0 Å². The zero-order chi connectivity index (χ0) is 61.7. The summed E-state index contributed by atoms with van der Waals surface area (Å²) in [6.07, 6.45) is -7.65. The van der Waals surface area contributed by atoms with E-state index in [1.165, 1.54) is 68.1 Å². The minimum absolute atomic E-state index is 0.0853. The van der Waals surface area contributed by atoms with Gasteiger partial charge in [0.15, 0.2) is 11.6 Å². The van der Waals surface area contributed by atoms with Gasteiger partial charge in [-0.15, -0.1) is 0 Å². The van der Waals surface area contributed by atoms with Crippen molar-refractivity contribution in [3.63, 3.8) is 0 Å². The van der Waals surface area contributed by atoms with Crippen molar-refractivity contribution in [1.29, 1.82) is 10.5 Å². The zero-order valence-corrected chi connectivity index (χ0v) is 48.3. The lowest BCUT2D eigenvalue weighted by Gasteiger charge is -2.41. The number of anilines is 2. The second-order valence-corrected chi connectivity index (χ2v) is 23.0. The molecule has 23 heteroatoms. The predicted molar refractivity (Wildman–Crippen MR) is 304 cm³/mol. The van der Waals surface area contributed by atoms with Gasteiger partial charge >= 0.3 is 24.4 Å². The van der Waals surface area contributed by atoms with Crippen LogP contribution in [-0.2, 0) is 31.5 Å². The molecule has 17 nitrogen and oxygen atoms in total. The minimum Gasteiger partial charge on any atom is -0.333 e. The number of hydrogen-bond acceptors (Lipinski definition) is 10. The zero-order valence-electron chi connectivity index (χ0n) is 48.3. The van der Waals surface area contributed by atoms with Gasteiger partial charge in [0.2, 0.25) is 0 Å². The van der Waals surface area contributed by atoms with Gasteiger partial charge in [-0.05, 0) is 126 Å². The van der Waals surface area contributed by atoms with E-state index in [1.807, 2.05) is 52.1 Å². The van der Waals surface area contributed by atoms with E-state index in [0.29, 0.717) is 78.6 Å². The molecule has 0 spiro atoms. The van der Waals surface area contributed by atoms with E-state index in [1.54, 1.807) is 24.3 Å². The lowest BCUT2D eigenvalue weighted by Crippen LogP contribution is -2.52. The van der Waals surface area contributed by atoms with E-state index in [9.17, 15) is 65.6 Å². The normalized spacial score (nSPS) is 17.6. The molecule has 0 unspecified atom stereocenters. The number of urea groups is 2. The van der Waals surface area contributed by atoms with Gasteiger partial charge in [-0.3, -0.25) is 29.0 Å². The maximum absolute atomic E-state index is 14.9. The van der Waals surface area contributed by atoms with Crippen molar-refractivity contribution in [1.82, 2.24) is 29.4 Å². The Kier molecular flexibility index (Phi) is 19.1. The fraction of sp³-hybridized carbons (Fsp3) is 0.419. The van der Waals surface area contributed by atoms with Crippen molar-refractivity contribution < 1.29 is 59.6 Å². The molecule has 0 saturated carbocycles. The average Bonchev–Trinajstić information content (AvgIpc) is 1.86. The summed E-state index contributed by atoms with van der Waals surface area (Å²) in [5.41, 5.74) is -0.370. The molecule has 0 aromatic heterocycles. The van der Waals surface area contributed by atoms with E-state index in [4.69, 9.17) is 0 Å². The monoisotopic (exact) mass is 1180 g/mol. The van der Waals surface area contributed by atoms with Crippen molar-refractivity contribution in [2.24, 2.45) is 0 Å². The number of nitrogens with zero attached hydrogens (tertiary/aromatic N) is 11. The Hall–Kier alpha value is -8.38. The number of nitriles is 2. The van der Waals surface area contributed by atoms with Crippen LogP contribution < -0.4 is 9.80 Å². The van der Waals surface area contributed by atoms with Crippen LogP contribution in [0.15, 0.2) is 120 Å².